The molecule has 0 radical (unpaired) electrons. The third-order valence-corrected chi connectivity index (χ3v) is 5.03. The Morgan fingerprint density at radius 2 is 1.88 bits per heavy atom. The highest BCUT2D eigenvalue weighted by atomic mass is 32.2. The second-order valence-electron chi connectivity index (χ2n) is 5.50. The lowest BCUT2D eigenvalue weighted by atomic mass is 10.0. The van der Waals surface area contributed by atoms with Crippen molar-refractivity contribution >= 4 is 27.9 Å². The van der Waals surface area contributed by atoms with Crippen molar-refractivity contribution in [3.05, 3.63) is 64.5 Å². The Labute approximate surface area is 148 Å². The van der Waals surface area contributed by atoms with Crippen LogP contribution in [0.2, 0.25) is 0 Å². The minimum Gasteiger partial charge on any atom is -0.505 e. The molecule has 3 rings (SSSR count). The summed E-state index contributed by atoms with van der Waals surface area (Å²) in [5.74, 6) is -0.830. The van der Waals surface area contributed by atoms with Crippen LogP contribution in [-0.4, -0.2) is 22.4 Å². The second-order valence-corrected chi connectivity index (χ2v) is 6.48. The number of benzene rings is 2. The number of halogens is 1. The SMILES string of the molecule is COc1ccc(C2=C(C)/C(=C/c3ccc(O)c(F)c3)C(=O)S2)cc1O. The molecule has 0 saturated heterocycles. The van der Waals surface area contributed by atoms with Crippen molar-refractivity contribution in [2.75, 3.05) is 7.11 Å². The Balaban J connectivity index is 2.02. The van der Waals surface area contributed by atoms with E-state index in [0.717, 1.165) is 22.2 Å². The molecule has 2 aromatic rings. The molecular formula is C19H15FO4S. The van der Waals surface area contributed by atoms with Crippen LogP contribution in [0.15, 0.2) is 47.5 Å². The molecular weight excluding hydrogens is 343 g/mol. The molecule has 6 heteroatoms. The van der Waals surface area contributed by atoms with Gasteiger partial charge in [0.15, 0.2) is 23.1 Å². The molecule has 0 amide bonds. The number of hydrogen-bond donors (Lipinski definition) is 2. The summed E-state index contributed by atoms with van der Waals surface area (Å²) in [6.45, 7) is 1.80. The van der Waals surface area contributed by atoms with Crippen molar-refractivity contribution in [1.82, 2.24) is 0 Å². The van der Waals surface area contributed by atoms with Crippen molar-refractivity contribution in [2.45, 2.75) is 6.92 Å². The van der Waals surface area contributed by atoms with Gasteiger partial charge >= 0.3 is 0 Å². The maximum absolute atomic E-state index is 13.5. The second kappa shape index (κ2) is 6.64. The fourth-order valence-electron chi connectivity index (χ4n) is 2.55. The number of phenols is 2. The van der Waals surface area contributed by atoms with Gasteiger partial charge in [0, 0.05) is 10.5 Å². The summed E-state index contributed by atoms with van der Waals surface area (Å²) in [4.78, 5) is 13.1. The highest BCUT2D eigenvalue weighted by molar-refractivity contribution is 8.22. The van der Waals surface area contributed by atoms with Crippen LogP contribution in [-0.2, 0) is 4.79 Å². The molecule has 0 saturated carbocycles. The van der Waals surface area contributed by atoms with Crippen molar-refractivity contribution in [1.29, 1.82) is 0 Å². The molecule has 0 atom stereocenters. The van der Waals surface area contributed by atoms with Gasteiger partial charge in [-0.1, -0.05) is 6.07 Å². The highest BCUT2D eigenvalue weighted by Crippen LogP contribution is 2.45. The van der Waals surface area contributed by atoms with Crippen molar-refractivity contribution in [3.8, 4) is 17.2 Å². The van der Waals surface area contributed by atoms with E-state index >= 15 is 0 Å². The van der Waals surface area contributed by atoms with Crippen LogP contribution in [0.5, 0.6) is 17.2 Å². The standard InChI is InChI=1S/C19H15FO4S/c1-10-13(7-11-3-5-15(21)14(20)8-11)19(23)25-18(10)12-4-6-17(24-2)16(22)9-12/h3-9,21-22H,1-2H3/b13-7-. The van der Waals surface area contributed by atoms with Gasteiger partial charge in [-0.25, -0.2) is 4.39 Å². The zero-order valence-electron chi connectivity index (χ0n) is 13.5. The van der Waals surface area contributed by atoms with E-state index < -0.39 is 11.6 Å². The number of rotatable bonds is 3. The van der Waals surface area contributed by atoms with Crippen molar-refractivity contribution in [3.63, 3.8) is 0 Å². The molecule has 0 fully saturated rings. The molecule has 0 bridgehead atoms. The monoisotopic (exact) mass is 358 g/mol. The Kier molecular flexibility index (Phi) is 4.55. The minimum absolute atomic E-state index is 0.00798. The lowest BCUT2D eigenvalue weighted by Gasteiger charge is -2.07. The van der Waals surface area contributed by atoms with Gasteiger partial charge in [0.05, 0.1) is 7.11 Å². The Hall–Kier alpha value is -2.73. The number of allylic oxidation sites excluding steroid dienone is 1. The molecule has 2 N–H and O–H groups in total. The van der Waals surface area contributed by atoms with Crippen LogP contribution in [0.25, 0.3) is 11.0 Å². The highest BCUT2D eigenvalue weighted by Gasteiger charge is 2.27. The predicted octanol–water partition coefficient (Wildman–Crippen LogP) is 4.33. The number of aromatic hydroxyl groups is 2. The Bertz CT molecular complexity index is 931. The van der Waals surface area contributed by atoms with Crippen LogP contribution < -0.4 is 4.74 Å². The number of hydrogen-bond acceptors (Lipinski definition) is 5. The average Bonchev–Trinajstić information content (AvgIpc) is 2.86. The summed E-state index contributed by atoms with van der Waals surface area (Å²) in [6, 6.07) is 8.89. The quantitative estimate of drug-likeness (QED) is 0.799. The van der Waals surface area contributed by atoms with Crippen LogP contribution in [0.4, 0.5) is 4.39 Å². The van der Waals surface area contributed by atoms with E-state index in [2.05, 4.69) is 0 Å². The summed E-state index contributed by atoms with van der Waals surface area (Å²) in [5, 5.41) is 19.0. The van der Waals surface area contributed by atoms with E-state index in [1.807, 2.05) is 0 Å². The summed E-state index contributed by atoms with van der Waals surface area (Å²) >= 11 is 1.06. The van der Waals surface area contributed by atoms with E-state index in [0.29, 0.717) is 22.4 Å². The molecule has 25 heavy (non-hydrogen) atoms. The Morgan fingerprint density at radius 3 is 2.52 bits per heavy atom. The average molecular weight is 358 g/mol. The normalized spacial score (nSPS) is 16.0. The maximum atomic E-state index is 13.5. The zero-order valence-corrected chi connectivity index (χ0v) is 14.4. The molecule has 128 valence electrons. The fraction of sp³-hybridized carbons (Fsp3) is 0.105. The number of ether oxygens (including phenoxy) is 1. The summed E-state index contributed by atoms with van der Waals surface area (Å²) in [7, 11) is 1.46. The number of carbonyl (C=O) groups is 1. The van der Waals surface area contributed by atoms with Gasteiger partial charge < -0.3 is 14.9 Å². The number of methoxy groups -OCH3 is 1. The fourth-order valence-corrected chi connectivity index (χ4v) is 3.57. The molecule has 0 aliphatic carbocycles. The zero-order chi connectivity index (χ0) is 18.1. The molecule has 0 unspecified atom stereocenters. The maximum Gasteiger partial charge on any atom is 0.224 e. The van der Waals surface area contributed by atoms with Crippen molar-refractivity contribution < 1.29 is 24.1 Å². The molecule has 1 aliphatic heterocycles. The lowest BCUT2D eigenvalue weighted by Crippen LogP contribution is -1.91. The minimum atomic E-state index is -0.741. The van der Waals surface area contributed by atoms with Gasteiger partial charge in [-0.3, -0.25) is 4.79 Å². The molecule has 4 nitrogen and oxygen atoms in total. The van der Waals surface area contributed by atoms with Gasteiger partial charge in [0.2, 0.25) is 5.12 Å². The topological polar surface area (TPSA) is 66.8 Å². The van der Waals surface area contributed by atoms with Gasteiger partial charge in [-0.05, 0) is 71.8 Å². The molecule has 2 aromatic carbocycles. The van der Waals surface area contributed by atoms with Crippen molar-refractivity contribution in [2.24, 2.45) is 0 Å². The third kappa shape index (κ3) is 3.25. The van der Waals surface area contributed by atoms with E-state index in [9.17, 15) is 19.4 Å². The van der Waals surface area contributed by atoms with E-state index in [1.165, 1.54) is 25.3 Å². The van der Waals surface area contributed by atoms with Crippen LogP contribution in [0.3, 0.4) is 0 Å². The molecule has 1 heterocycles. The first kappa shape index (κ1) is 17.1. The van der Waals surface area contributed by atoms with Gasteiger partial charge in [0.25, 0.3) is 0 Å². The summed E-state index contributed by atoms with van der Waals surface area (Å²) < 4.78 is 18.5. The Morgan fingerprint density at radius 1 is 1.12 bits per heavy atom. The molecule has 0 aromatic heterocycles. The third-order valence-electron chi connectivity index (χ3n) is 3.88. The van der Waals surface area contributed by atoms with E-state index in [4.69, 9.17) is 4.74 Å². The summed E-state index contributed by atoms with van der Waals surface area (Å²) in [5.41, 5.74) is 2.39. The van der Waals surface area contributed by atoms with Crippen LogP contribution in [0, 0.1) is 5.82 Å². The largest absolute Gasteiger partial charge is 0.505 e. The summed E-state index contributed by atoms with van der Waals surface area (Å²) in [6.07, 6.45) is 1.59. The molecule has 1 aliphatic rings. The molecule has 0 spiro atoms. The van der Waals surface area contributed by atoms with Crippen LogP contribution >= 0.6 is 11.8 Å². The van der Waals surface area contributed by atoms with Gasteiger partial charge in [-0.15, -0.1) is 0 Å². The van der Waals surface area contributed by atoms with E-state index in [-0.39, 0.29) is 10.9 Å². The predicted molar refractivity (Wildman–Crippen MR) is 95.9 cm³/mol. The first-order valence-electron chi connectivity index (χ1n) is 7.41. The number of thioether (sulfide) groups is 1. The van der Waals surface area contributed by atoms with Gasteiger partial charge in [-0.2, -0.15) is 0 Å². The first-order chi connectivity index (χ1) is 11.9. The van der Waals surface area contributed by atoms with Crippen LogP contribution in [0.1, 0.15) is 18.1 Å². The number of carbonyl (C=O) groups excluding carboxylic acids is 1. The lowest BCUT2D eigenvalue weighted by molar-refractivity contribution is -0.107. The first-order valence-corrected chi connectivity index (χ1v) is 8.23. The van der Waals surface area contributed by atoms with E-state index in [1.54, 1.807) is 31.2 Å². The smallest absolute Gasteiger partial charge is 0.224 e. The number of phenolic OH excluding ortho intramolecular Hbond substituents is 2. The van der Waals surface area contributed by atoms with Gasteiger partial charge in [0.1, 0.15) is 0 Å².